The van der Waals surface area contributed by atoms with Gasteiger partial charge in [-0.05, 0) is 64.1 Å². The van der Waals surface area contributed by atoms with Gasteiger partial charge in [-0.2, -0.15) is 0 Å². The molecule has 2 nitrogen and oxygen atoms in total. The van der Waals surface area contributed by atoms with Crippen molar-refractivity contribution in [2.24, 2.45) is 11.8 Å². The Hall–Kier alpha value is -0.0800. The minimum Gasteiger partial charge on any atom is -0.311 e. The van der Waals surface area contributed by atoms with Crippen LogP contribution in [0.2, 0.25) is 0 Å². The van der Waals surface area contributed by atoms with E-state index in [1.54, 1.807) is 0 Å². The highest BCUT2D eigenvalue weighted by Gasteiger charge is 2.28. The Morgan fingerprint density at radius 3 is 2.37 bits per heavy atom. The topological polar surface area (TPSA) is 15.3 Å². The molecule has 0 amide bonds. The summed E-state index contributed by atoms with van der Waals surface area (Å²) < 4.78 is 0. The predicted octanol–water partition coefficient (Wildman–Crippen LogP) is 3.67. The van der Waals surface area contributed by atoms with Gasteiger partial charge in [0.05, 0.1) is 0 Å². The van der Waals surface area contributed by atoms with E-state index in [1.807, 2.05) is 0 Å². The van der Waals surface area contributed by atoms with Crippen molar-refractivity contribution in [1.29, 1.82) is 0 Å². The fraction of sp³-hybridized carbons (Fsp3) is 1.00. The Bertz CT molecular complexity index is 246. The zero-order chi connectivity index (χ0) is 13.7. The van der Waals surface area contributed by atoms with E-state index in [4.69, 9.17) is 0 Å². The molecule has 1 N–H and O–H groups in total. The van der Waals surface area contributed by atoms with E-state index in [9.17, 15) is 0 Å². The van der Waals surface area contributed by atoms with Crippen LogP contribution in [0.25, 0.3) is 0 Å². The van der Waals surface area contributed by atoms with Crippen molar-refractivity contribution < 1.29 is 0 Å². The van der Waals surface area contributed by atoms with Crippen LogP contribution in [0.3, 0.4) is 0 Å². The summed E-state index contributed by atoms with van der Waals surface area (Å²) in [6, 6.07) is 1.52. The lowest BCUT2D eigenvalue weighted by Gasteiger charge is -2.39. The molecule has 2 heteroatoms. The van der Waals surface area contributed by atoms with Gasteiger partial charge in [-0.3, -0.25) is 0 Å². The van der Waals surface area contributed by atoms with Crippen LogP contribution in [-0.4, -0.2) is 36.6 Å². The molecule has 3 atom stereocenters. The van der Waals surface area contributed by atoms with Crippen LogP contribution in [0.4, 0.5) is 0 Å². The highest BCUT2D eigenvalue weighted by molar-refractivity contribution is 4.86. The third-order valence-electron chi connectivity index (χ3n) is 5.70. The van der Waals surface area contributed by atoms with Crippen LogP contribution < -0.4 is 5.32 Å². The van der Waals surface area contributed by atoms with Gasteiger partial charge in [-0.25, -0.2) is 0 Å². The lowest BCUT2D eigenvalue weighted by molar-refractivity contribution is 0.149. The minimum absolute atomic E-state index is 0.719. The molecule has 112 valence electrons. The molecule has 2 aliphatic rings. The normalized spacial score (nSPS) is 32.4. The molecule has 0 radical (unpaired) electrons. The van der Waals surface area contributed by atoms with Crippen molar-refractivity contribution in [3.8, 4) is 0 Å². The maximum absolute atomic E-state index is 4.00. The number of hydrogen-bond donors (Lipinski definition) is 1. The van der Waals surface area contributed by atoms with E-state index >= 15 is 0 Å². The van der Waals surface area contributed by atoms with Crippen LogP contribution in [-0.2, 0) is 0 Å². The van der Waals surface area contributed by atoms with Crippen molar-refractivity contribution in [3.05, 3.63) is 0 Å². The molecule has 0 aromatic heterocycles. The fourth-order valence-electron chi connectivity index (χ4n) is 4.16. The summed E-state index contributed by atoms with van der Waals surface area (Å²) in [7, 11) is 0. The molecule has 0 aromatic carbocycles. The van der Waals surface area contributed by atoms with Crippen molar-refractivity contribution in [3.63, 3.8) is 0 Å². The molecule has 2 rings (SSSR count). The Morgan fingerprint density at radius 2 is 1.74 bits per heavy atom. The third-order valence-corrected chi connectivity index (χ3v) is 5.70. The molecule has 2 fully saturated rings. The average molecular weight is 266 g/mol. The molecular formula is C17H34N2. The first kappa shape index (κ1) is 15.3. The average Bonchev–Trinajstić information content (AvgIpc) is 2.48. The summed E-state index contributed by atoms with van der Waals surface area (Å²) in [6.45, 7) is 11.0. The molecule has 3 unspecified atom stereocenters. The second-order valence-corrected chi connectivity index (χ2v) is 6.79. The van der Waals surface area contributed by atoms with E-state index in [0.717, 1.165) is 23.9 Å². The molecule has 0 spiro atoms. The fourth-order valence-corrected chi connectivity index (χ4v) is 4.16. The van der Waals surface area contributed by atoms with Gasteiger partial charge in [-0.15, -0.1) is 0 Å². The Labute approximate surface area is 120 Å². The highest BCUT2D eigenvalue weighted by Crippen LogP contribution is 2.29. The summed E-state index contributed by atoms with van der Waals surface area (Å²) in [5.41, 5.74) is 0. The second kappa shape index (κ2) is 7.64. The van der Waals surface area contributed by atoms with Crippen LogP contribution in [0.5, 0.6) is 0 Å². The zero-order valence-electron chi connectivity index (χ0n) is 13.3. The molecule has 19 heavy (non-hydrogen) atoms. The van der Waals surface area contributed by atoms with E-state index in [2.05, 4.69) is 31.0 Å². The lowest BCUT2D eigenvalue weighted by atomic mass is 9.81. The van der Waals surface area contributed by atoms with Crippen molar-refractivity contribution >= 4 is 0 Å². The number of rotatable bonds is 5. The maximum Gasteiger partial charge on any atom is 0.00978 e. The molecule has 1 aliphatic heterocycles. The first-order valence-electron chi connectivity index (χ1n) is 8.73. The van der Waals surface area contributed by atoms with Crippen LogP contribution in [0.1, 0.15) is 65.7 Å². The van der Waals surface area contributed by atoms with Gasteiger partial charge < -0.3 is 10.2 Å². The number of nitrogens with zero attached hydrogens (tertiary/aromatic N) is 1. The first-order chi connectivity index (χ1) is 9.24. The molecule has 1 saturated heterocycles. The molecule has 1 saturated carbocycles. The number of hydrogen-bond acceptors (Lipinski definition) is 2. The zero-order valence-corrected chi connectivity index (χ0v) is 13.3. The van der Waals surface area contributed by atoms with Crippen molar-refractivity contribution in [2.45, 2.75) is 77.8 Å². The van der Waals surface area contributed by atoms with Gasteiger partial charge in [0.1, 0.15) is 0 Å². The smallest absolute Gasteiger partial charge is 0.00978 e. The van der Waals surface area contributed by atoms with Crippen LogP contribution >= 0.6 is 0 Å². The van der Waals surface area contributed by atoms with Gasteiger partial charge in [0.15, 0.2) is 0 Å². The molecule has 0 aromatic rings. The predicted molar refractivity (Wildman–Crippen MR) is 83.5 cm³/mol. The van der Waals surface area contributed by atoms with E-state index < -0.39 is 0 Å². The summed E-state index contributed by atoms with van der Waals surface area (Å²) in [5, 5.41) is 4.00. The van der Waals surface area contributed by atoms with Gasteiger partial charge >= 0.3 is 0 Å². The Balaban J connectivity index is 1.78. The third kappa shape index (κ3) is 4.19. The lowest BCUT2D eigenvalue weighted by Crippen LogP contribution is -2.48. The molecule has 1 aliphatic carbocycles. The standard InChI is InChI=1S/C17H34N2/c1-4-15-8-6-7-9-17(15)18-14(3)16-10-12-19(5-2)13-11-16/h14-18H,4-13H2,1-3H3. The number of piperidine rings is 1. The second-order valence-electron chi connectivity index (χ2n) is 6.79. The van der Waals surface area contributed by atoms with E-state index in [1.165, 1.54) is 64.6 Å². The van der Waals surface area contributed by atoms with Crippen LogP contribution in [0, 0.1) is 11.8 Å². The summed E-state index contributed by atoms with van der Waals surface area (Å²) in [5.74, 6) is 1.84. The number of likely N-dealkylation sites (tertiary alicyclic amines) is 1. The summed E-state index contributed by atoms with van der Waals surface area (Å²) in [6.07, 6.45) is 9.91. The van der Waals surface area contributed by atoms with Gasteiger partial charge in [0.25, 0.3) is 0 Å². The SMILES string of the molecule is CCC1CCCCC1NC(C)C1CCN(CC)CC1. The van der Waals surface area contributed by atoms with Gasteiger partial charge in [0.2, 0.25) is 0 Å². The quantitative estimate of drug-likeness (QED) is 0.817. The molecule has 0 bridgehead atoms. The number of nitrogens with one attached hydrogen (secondary N) is 1. The maximum atomic E-state index is 4.00. The first-order valence-corrected chi connectivity index (χ1v) is 8.73. The van der Waals surface area contributed by atoms with Crippen molar-refractivity contribution in [1.82, 2.24) is 10.2 Å². The largest absolute Gasteiger partial charge is 0.311 e. The monoisotopic (exact) mass is 266 g/mol. The van der Waals surface area contributed by atoms with E-state index in [-0.39, 0.29) is 0 Å². The highest BCUT2D eigenvalue weighted by atomic mass is 15.1. The summed E-state index contributed by atoms with van der Waals surface area (Å²) in [4.78, 5) is 2.60. The Morgan fingerprint density at radius 1 is 1.05 bits per heavy atom. The van der Waals surface area contributed by atoms with E-state index in [0.29, 0.717) is 0 Å². The van der Waals surface area contributed by atoms with Gasteiger partial charge in [-0.1, -0.05) is 33.1 Å². The summed E-state index contributed by atoms with van der Waals surface area (Å²) >= 11 is 0. The van der Waals surface area contributed by atoms with Crippen LogP contribution in [0.15, 0.2) is 0 Å². The Kier molecular flexibility index (Phi) is 6.15. The molecule has 1 heterocycles. The van der Waals surface area contributed by atoms with Crippen molar-refractivity contribution in [2.75, 3.05) is 19.6 Å². The molecular weight excluding hydrogens is 232 g/mol. The minimum atomic E-state index is 0.719. The van der Waals surface area contributed by atoms with Gasteiger partial charge in [0, 0.05) is 12.1 Å².